The maximum Gasteiger partial charge on any atom is 0.0240 e. The maximum absolute atomic E-state index is 3.89. The molecule has 0 saturated carbocycles. The van der Waals surface area contributed by atoms with Gasteiger partial charge in [0, 0.05) is 13.1 Å². The largest absolute Gasteiger partial charge is 0.298 e. The molecule has 1 nitrogen and oxygen atoms in total. The summed E-state index contributed by atoms with van der Waals surface area (Å²) < 4.78 is 0. The van der Waals surface area contributed by atoms with Gasteiger partial charge in [0.25, 0.3) is 0 Å². The third kappa shape index (κ3) is 4.36. The van der Waals surface area contributed by atoms with Gasteiger partial charge in [-0.05, 0) is 36.2 Å². The molecule has 0 aromatic heterocycles. The lowest BCUT2D eigenvalue weighted by Gasteiger charge is -2.28. The van der Waals surface area contributed by atoms with Crippen LogP contribution in [0.15, 0.2) is 30.9 Å². The highest BCUT2D eigenvalue weighted by molar-refractivity contribution is 5.78. The Bertz CT molecular complexity index is 416. The van der Waals surface area contributed by atoms with Crippen molar-refractivity contribution in [3.05, 3.63) is 47.5 Å². The summed E-state index contributed by atoms with van der Waals surface area (Å²) in [5.41, 5.74) is 5.48. The summed E-state index contributed by atoms with van der Waals surface area (Å²) in [6.07, 6.45) is 4.16. The molecule has 2 rings (SSSR count). The molecule has 0 saturated heterocycles. The van der Waals surface area contributed by atoms with Crippen molar-refractivity contribution in [2.75, 3.05) is 13.6 Å². The average Bonchev–Trinajstić information content (AvgIpc) is 2.49. The molecule has 0 radical (unpaired) electrons. The van der Waals surface area contributed by atoms with Crippen molar-refractivity contribution in [3.8, 4) is 0 Å². The molecule has 0 bridgehead atoms. The molecule has 19 heavy (non-hydrogen) atoms. The van der Waals surface area contributed by atoms with Crippen molar-refractivity contribution in [2.45, 2.75) is 41.2 Å². The molecule has 1 aliphatic rings. The van der Waals surface area contributed by atoms with E-state index in [0.29, 0.717) is 0 Å². The van der Waals surface area contributed by atoms with Crippen molar-refractivity contribution >= 4 is 11.6 Å². The number of likely N-dealkylation sites (N-methyl/N-ethyl adjacent to an activating group) is 1. The molecule has 1 aromatic carbocycles. The van der Waals surface area contributed by atoms with Crippen LogP contribution >= 0.6 is 0 Å². The van der Waals surface area contributed by atoms with E-state index in [9.17, 15) is 0 Å². The lowest BCUT2D eigenvalue weighted by atomic mass is 9.90. The fraction of sp³-hybridized carbons (Fsp3) is 0.444. The van der Waals surface area contributed by atoms with Gasteiger partial charge in [-0.2, -0.15) is 0 Å². The van der Waals surface area contributed by atoms with Gasteiger partial charge in [0.05, 0.1) is 0 Å². The molecule has 1 heteroatoms. The van der Waals surface area contributed by atoms with E-state index < -0.39 is 0 Å². The number of hydrogen-bond acceptors (Lipinski definition) is 1. The zero-order chi connectivity index (χ0) is 14.8. The minimum Gasteiger partial charge on any atom is -0.298 e. The second-order valence-corrected chi connectivity index (χ2v) is 4.07. The van der Waals surface area contributed by atoms with Crippen LogP contribution in [0.25, 0.3) is 11.6 Å². The van der Waals surface area contributed by atoms with E-state index in [1.165, 1.54) is 22.3 Å². The highest BCUT2D eigenvalue weighted by Gasteiger charge is 2.18. The van der Waals surface area contributed by atoms with Crippen LogP contribution in [0.4, 0.5) is 0 Å². The zero-order valence-electron chi connectivity index (χ0n) is 13.5. The summed E-state index contributed by atoms with van der Waals surface area (Å²) in [4.78, 5) is 2.34. The van der Waals surface area contributed by atoms with Gasteiger partial charge in [0.1, 0.15) is 0 Å². The summed E-state index contributed by atoms with van der Waals surface area (Å²) in [6.45, 7) is 16.1. The van der Waals surface area contributed by atoms with Crippen molar-refractivity contribution in [1.29, 1.82) is 0 Å². The molecule has 0 spiro atoms. The van der Waals surface area contributed by atoms with Crippen LogP contribution in [0.1, 0.15) is 51.3 Å². The van der Waals surface area contributed by atoms with Crippen molar-refractivity contribution in [2.24, 2.45) is 0 Å². The summed E-state index contributed by atoms with van der Waals surface area (Å²) in [5.74, 6) is 0. The van der Waals surface area contributed by atoms with Gasteiger partial charge in [0.15, 0.2) is 0 Å². The Hall–Kier alpha value is -1.34. The molecule has 0 fully saturated rings. The normalized spacial score (nSPS) is 15.6. The molecule has 1 aliphatic heterocycles. The van der Waals surface area contributed by atoms with E-state index in [1.54, 1.807) is 0 Å². The number of rotatable bonds is 1. The minimum atomic E-state index is 1.04. The van der Waals surface area contributed by atoms with Gasteiger partial charge in [-0.1, -0.05) is 64.6 Å². The smallest absolute Gasteiger partial charge is 0.0240 e. The highest BCUT2D eigenvalue weighted by atomic mass is 15.1. The molecular formula is C18H29N. The lowest BCUT2D eigenvalue weighted by Crippen LogP contribution is -2.26. The summed E-state index contributed by atoms with van der Waals surface area (Å²) in [5, 5.41) is 0. The van der Waals surface area contributed by atoms with Gasteiger partial charge in [-0.25, -0.2) is 0 Å². The number of benzene rings is 1. The van der Waals surface area contributed by atoms with E-state index in [0.717, 1.165) is 13.1 Å². The number of allylic oxidation sites excluding steroid dienone is 1. The first kappa shape index (κ1) is 17.7. The summed E-state index contributed by atoms with van der Waals surface area (Å²) >= 11 is 0. The van der Waals surface area contributed by atoms with Crippen LogP contribution in [-0.4, -0.2) is 18.5 Å². The molecule has 0 unspecified atom stereocenters. The Balaban J connectivity index is 0.000000741. The minimum absolute atomic E-state index is 1.04. The third-order valence-electron chi connectivity index (χ3n) is 2.95. The van der Waals surface area contributed by atoms with Gasteiger partial charge in [-0.3, -0.25) is 4.90 Å². The van der Waals surface area contributed by atoms with Gasteiger partial charge >= 0.3 is 0 Å². The summed E-state index contributed by atoms with van der Waals surface area (Å²) in [7, 11) is 2.16. The predicted molar refractivity (Wildman–Crippen MR) is 89.2 cm³/mol. The number of hydrogen-bond donors (Lipinski definition) is 0. The second-order valence-electron chi connectivity index (χ2n) is 4.07. The molecule has 0 N–H and O–H groups in total. The van der Waals surface area contributed by atoms with Crippen molar-refractivity contribution < 1.29 is 0 Å². The number of fused-ring (bicyclic) bond motifs is 1. The Morgan fingerprint density at radius 2 is 1.74 bits per heavy atom. The Morgan fingerprint density at radius 1 is 1.11 bits per heavy atom. The SMILES string of the molecule is C=Cc1cccc2c1/C(=C\C)CN(C)C2.CC.CC. The van der Waals surface area contributed by atoms with Crippen molar-refractivity contribution in [1.82, 2.24) is 4.90 Å². The lowest BCUT2D eigenvalue weighted by molar-refractivity contribution is 0.359. The van der Waals surface area contributed by atoms with Crippen LogP contribution in [-0.2, 0) is 6.54 Å². The van der Waals surface area contributed by atoms with E-state index in [1.807, 2.05) is 33.8 Å². The predicted octanol–water partition coefficient (Wildman–Crippen LogP) is 5.23. The molecule has 1 aromatic rings. The van der Waals surface area contributed by atoms with E-state index >= 15 is 0 Å². The monoisotopic (exact) mass is 259 g/mol. The van der Waals surface area contributed by atoms with E-state index in [2.05, 4.69) is 49.7 Å². The zero-order valence-corrected chi connectivity index (χ0v) is 13.5. The molecule has 1 heterocycles. The second kappa shape index (κ2) is 9.57. The standard InChI is InChI=1S/C14H17N.2C2H6/c1-4-11-7-6-8-13-10-15(3)9-12(5-2)14(11)13;2*1-2/h4-8H,1,9-10H2,2-3H3;2*1-2H3/b12-5-;;. The fourth-order valence-corrected chi connectivity index (χ4v) is 2.27. The number of nitrogens with zero attached hydrogens (tertiary/aromatic N) is 1. The van der Waals surface area contributed by atoms with Gasteiger partial charge in [0.2, 0.25) is 0 Å². The molecule has 0 amide bonds. The first-order valence-corrected chi connectivity index (χ1v) is 7.34. The Labute approximate surface area is 119 Å². The van der Waals surface area contributed by atoms with Crippen LogP contribution in [0.5, 0.6) is 0 Å². The Morgan fingerprint density at radius 3 is 2.26 bits per heavy atom. The molecule has 106 valence electrons. The fourth-order valence-electron chi connectivity index (χ4n) is 2.27. The Kier molecular flexibility index (Phi) is 8.90. The first-order valence-electron chi connectivity index (χ1n) is 7.34. The van der Waals surface area contributed by atoms with E-state index in [4.69, 9.17) is 0 Å². The van der Waals surface area contributed by atoms with Gasteiger partial charge < -0.3 is 0 Å². The molecular weight excluding hydrogens is 230 g/mol. The highest BCUT2D eigenvalue weighted by Crippen LogP contribution is 2.30. The maximum atomic E-state index is 3.89. The summed E-state index contributed by atoms with van der Waals surface area (Å²) in [6, 6.07) is 6.46. The van der Waals surface area contributed by atoms with Crippen LogP contribution in [0, 0.1) is 0 Å². The molecule has 0 atom stereocenters. The van der Waals surface area contributed by atoms with Crippen LogP contribution < -0.4 is 0 Å². The topological polar surface area (TPSA) is 3.24 Å². The first-order chi connectivity index (χ1) is 9.26. The quantitative estimate of drug-likeness (QED) is 0.667. The average molecular weight is 259 g/mol. The van der Waals surface area contributed by atoms with Crippen LogP contribution in [0.3, 0.4) is 0 Å². The van der Waals surface area contributed by atoms with E-state index in [-0.39, 0.29) is 0 Å². The van der Waals surface area contributed by atoms with Gasteiger partial charge in [-0.15, -0.1) is 0 Å². The van der Waals surface area contributed by atoms with Crippen LogP contribution in [0.2, 0.25) is 0 Å². The van der Waals surface area contributed by atoms with Crippen molar-refractivity contribution in [3.63, 3.8) is 0 Å². The third-order valence-corrected chi connectivity index (χ3v) is 2.95. The molecule has 0 aliphatic carbocycles.